The number of nitrogens with two attached hydrogens (primary N) is 1. The first-order valence-corrected chi connectivity index (χ1v) is 6.02. The van der Waals surface area contributed by atoms with Crippen LogP contribution < -0.4 is 10.5 Å². The SMILES string of the molecule is CCCC[C@H](N)c1ccc(OC(F)(F)F)c(Cl)c1.Cl. The van der Waals surface area contributed by atoms with Crippen LogP contribution in [0.25, 0.3) is 0 Å². The molecule has 1 aromatic carbocycles. The van der Waals surface area contributed by atoms with Crippen LogP contribution in [0.5, 0.6) is 5.75 Å². The zero-order valence-electron chi connectivity index (χ0n) is 10.3. The highest BCUT2D eigenvalue weighted by Crippen LogP contribution is 2.32. The molecular formula is C12H16Cl2F3NO. The molecule has 2 nitrogen and oxygen atoms in total. The molecular weight excluding hydrogens is 302 g/mol. The molecule has 19 heavy (non-hydrogen) atoms. The van der Waals surface area contributed by atoms with E-state index in [4.69, 9.17) is 17.3 Å². The highest BCUT2D eigenvalue weighted by Gasteiger charge is 2.32. The second-order valence-electron chi connectivity index (χ2n) is 3.99. The first-order chi connectivity index (χ1) is 8.33. The summed E-state index contributed by atoms with van der Waals surface area (Å²) in [7, 11) is 0. The van der Waals surface area contributed by atoms with Gasteiger partial charge < -0.3 is 10.5 Å². The molecule has 0 fully saturated rings. The van der Waals surface area contributed by atoms with Crippen LogP contribution in [0.2, 0.25) is 5.02 Å². The van der Waals surface area contributed by atoms with E-state index >= 15 is 0 Å². The number of benzene rings is 1. The number of unbranched alkanes of at least 4 members (excludes halogenated alkanes) is 1. The van der Waals surface area contributed by atoms with Crippen molar-refractivity contribution in [3.05, 3.63) is 28.8 Å². The molecule has 0 heterocycles. The van der Waals surface area contributed by atoms with Crippen LogP contribution in [0.3, 0.4) is 0 Å². The van der Waals surface area contributed by atoms with Crippen LogP contribution in [0, 0.1) is 0 Å². The molecule has 1 aromatic rings. The standard InChI is InChI=1S/C12H15ClF3NO.ClH/c1-2-3-4-10(17)8-5-6-11(9(13)7-8)18-12(14,15)16;/h5-7,10H,2-4,17H2,1H3;1H/t10-;/m0./s1. The Morgan fingerprint density at radius 2 is 2.00 bits per heavy atom. The van der Waals surface area contributed by atoms with Crippen molar-refractivity contribution in [2.24, 2.45) is 5.73 Å². The molecule has 0 amide bonds. The topological polar surface area (TPSA) is 35.2 Å². The van der Waals surface area contributed by atoms with E-state index in [0.29, 0.717) is 5.56 Å². The van der Waals surface area contributed by atoms with Crippen molar-refractivity contribution < 1.29 is 17.9 Å². The lowest BCUT2D eigenvalue weighted by Gasteiger charge is -2.14. The molecule has 0 aliphatic carbocycles. The molecule has 0 radical (unpaired) electrons. The summed E-state index contributed by atoms with van der Waals surface area (Å²) in [6.45, 7) is 2.04. The Kier molecular flexibility index (Phi) is 7.55. The normalized spacial score (nSPS) is 12.7. The van der Waals surface area contributed by atoms with Gasteiger partial charge in [-0.2, -0.15) is 0 Å². The Bertz CT molecular complexity index is 399. The minimum Gasteiger partial charge on any atom is -0.404 e. The first-order valence-electron chi connectivity index (χ1n) is 5.64. The van der Waals surface area contributed by atoms with Gasteiger partial charge in [-0.25, -0.2) is 0 Å². The molecule has 0 aliphatic heterocycles. The molecule has 1 atom stereocenters. The zero-order chi connectivity index (χ0) is 13.8. The van der Waals surface area contributed by atoms with Gasteiger partial charge in [-0.1, -0.05) is 37.4 Å². The number of alkyl halides is 3. The molecule has 7 heteroatoms. The fourth-order valence-corrected chi connectivity index (χ4v) is 1.77. The van der Waals surface area contributed by atoms with E-state index in [1.54, 1.807) is 0 Å². The van der Waals surface area contributed by atoms with E-state index in [-0.39, 0.29) is 23.5 Å². The van der Waals surface area contributed by atoms with E-state index in [1.807, 2.05) is 6.92 Å². The molecule has 110 valence electrons. The Morgan fingerprint density at radius 1 is 1.37 bits per heavy atom. The predicted molar refractivity (Wildman–Crippen MR) is 71.8 cm³/mol. The highest BCUT2D eigenvalue weighted by molar-refractivity contribution is 6.32. The first kappa shape index (κ1) is 18.4. The quantitative estimate of drug-likeness (QED) is 0.842. The summed E-state index contributed by atoms with van der Waals surface area (Å²) >= 11 is 5.73. The Hall–Kier alpha value is -0.650. The lowest BCUT2D eigenvalue weighted by molar-refractivity contribution is -0.274. The second-order valence-corrected chi connectivity index (χ2v) is 4.39. The lowest BCUT2D eigenvalue weighted by atomic mass is 10.0. The second kappa shape index (κ2) is 7.82. The van der Waals surface area contributed by atoms with Crippen LogP contribution >= 0.6 is 24.0 Å². The summed E-state index contributed by atoms with van der Waals surface area (Å²) in [5.41, 5.74) is 6.62. The fourth-order valence-electron chi connectivity index (χ4n) is 1.55. The van der Waals surface area contributed by atoms with Crippen molar-refractivity contribution in [2.75, 3.05) is 0 Å². The summed E-state index contributed by atoms with van der Waals surface area (Å²) in [5.74, 6) is -0.407. The van der Waals surface area contributed by atoms with Gasteiger partial charge in [0.05, 0.1) is 5.02 Å². The van der Waals surface area contributed by atoms with E-state index in [0.717, 1.165) is 19.3 Å². The maximum Gasteiger partial charge on any atom is 0.573 e. The van der Waals surface area contributed by atoms with Crippen molar-refractivity contribution in [3.63, 3.8) is 0 Å². The molecule has 1 rings (SSSR count). The van der Waals surface area contributed by atoms with Crippen LogP contribution in [0.1, 0.15) is 37.8 Å². The van der Waals surface area contributed by atoms with Gasteiger partial charge in [0, 0.05) is 6.04 Å². The molecule has 0 unspecified atom stereocenters. The highest BCUT2D eigenvalue weighted by atomic mass is 35.5. The third kappa shape index (κ3) is 6.36. The van der Waals surface area contributed by atoms with Gasteiger partial charge in [-0.3, -0.25) is 0 Å². The van der Waals surface area contributed by atoms with E-state index in [1.165, 1.54) is 18.2 Å². The van der Waals surface area contributed by atoms with Gasteiger partial charge >= 0.3 is 6.36 Å². The van der Waals surface area contributed by atoms with Gasteiger partial charge in [-0.15, -0.1) is 25.6 Å². The Morgan fingerprint density at radius 3 is 2.47 bits per heavy atom. The van der Waals surface area contributed by atoms with Gasteiger partial charge in [-0.05, 0) is 24.1 Å². The summed E-state index contributed by atoms with van der Waals surface area (Å²) in [4.78, 5) is 0. The Labute approximate surface area is 121 Å². The van der Waals surface area contributed by atoms with Crippen LogP contribution in [-0.4, -0.2) is 6.36 Å². The zero-order valence-corrected chi connectivity index (χ0v) is 11.9. The monoisotopic (exact) mass is 317 g/mol. The fraction of sp³-hybridized carbons (Fsp3) is 0.500. The largest absolute Gasteiger partial charge is 0.573 e. The van der Waals surface area contributed by atoms with Gasteiger partial charge in [0.25, 0.3) is 0 Å². The molecule has 0 aliphatic rings. The Balaban J connectivity index is 0.00000324. The van der Waals surface area contributed by atoms with Gasteiger partial charge in [0.1, 0.15) is 5.75 Å². The van der Waals surface area contributed by atoms with E-state index < -0.39 is 12.1 Å². The maximum absolute atomic E-state index is 12.0. The smallest absolute Gasteiger partial charge is 0.404 e. The van der Waals surface area contributed by atoms with E-state index in [9.17, 15) is 13.2 Å². The van der Waals surface area contributed by atoms with Crippen molar-refractivity contribution in [2.45, 2.75) is 38.6 Å². The minimum atomic E-state index is -4.74. The predicted octanol–water partition coefficient (Wildman–Crippen LogP) is 4.85. The third-order valence-corrected chi connectivity index (χ3v) is 2.77. The minimum absolute atomic E-state index is 0. The van der Waals surface area contributed by atoms with Crippen molar-refractivity contribution in [1.82, 2.24) is 0 Å². The number of halogens is 5. The number of hydrogen-bond donors (Lipinski definition) is 1. The summed E-state index contributed by atoms with van der Waals surface area (Å²) in [5, 5.41) is -0.0863. The third-order valence-electron chi connectivity index (χ3n) is 2.48. The summed E-state index contributed by atoms with van der Waals surface area (Å²) in [6.07, 6.45) is -2.00. The summed E-state index contributed by atoms with van der Waals surface area (Å²) < 4.78 is 39.9. The van der Waals surface area contributed by atoms with Crippen molar-refractivity contribution in [1.29, 1.82) is 0 Å². The van der Waals surface area contributed by atoms with Crippen LogP contribution in [-0.2, 0) is 0 Å². The lowest BCUT2D eigenvalue weighted by Crippen LogP contribution is -2.17. The number of ether oxygens (including phenoxy) is 1. The van der Waals surface area contributed by atoms with Crippen molar-refractivity contribution >= 4 is 24.0 Å². The molecule has 0 bridgehead atoms. The van der Waals surface area contributed by atoms with Crippen molar-refractivity contribution in [3.8, 4) is 5.75 Å². The molecule has 0 aromatic heterocycles. The molecule has 0 saturated carbocycles. The molecule has 0 saturated heterocycles. The summed E-state index contributed by atoms with van der Waals surface area (Å²) in [6, 6.07) is 3.90. The maximum atomic E-state index is 12.0. The average Bonchev–Trinajstić information content (AvgIpc) is 2.27. The number of rotatable bonds is 5. The number of hydrogen-bond acceptors (Lipinski definition) is 2. The van der Waals surface area contributed by atoms with Gasteiger partial charge in [0.15, 0.2) is 0 Å². The molecule has 2 N–H and O–H groups in total. The van der Waals surface area contributed by atoms with Crippen LogP contribution in [0.4, 0.5) is 13.2 Å². The average molecular weight is 318 g/mol. The van der Waals surface area contributed by atoms with Crippen LogP contribution in [0.15, 0.2) is 18.2 Å². The van der Waals surface area contributed by atoms with Gasteiger partial charge in [0.2, 0.25) is 0 Å². The van der Waals surface area contributed by atoms with E-state index in [2.05, 4.69) is 4.74 Å². The molecule has 0 spiro atoms.